The summed E-state index contributed by atoms with van der Waals surface area (Å²) in [6.45, 7) is 5.21. The summed E-state index contributed by atoms with van der Waals surface area (Å²) in [5.74, 6) is 0.701. The summed E-state index contributed by atoms with van der Waals surface area (Å²) in [6, 6.07) is 0. The molecule has 1 spiro atoms. The van der Waals surface area contributed by atoms with Crippen molar-refractivity contribution in [2.45, 2.75) is 57.5 Å². The average Bonchev–Trinajstić information content (AvgIpc) is 3.03. The molecule has 1 aromatic rings. The van der Waals surface area contributed by atoms with Crippen LogP contribution in [0.3, 0.4) is 0 Å². The maximum Gasteiger partial charge on any atom is 0.312 e. The first-order chi connectivity index (χ1) is 10.7. The van der Waals surface area contributed by atoms with E-state index in [1.807, 2.05) is 6.20 Å². The van der Waals surface area contributed by atoms with Gasteiger partial charge < -0.3 is 4.74 Å². The number of cyclic esters (lactones) is 1. The van der Waals surface area contributed by atoms with Gasteiger partial charge in [-0.25, -0.2) is 0 Å². The van der Waals surface area contributed by atoms with Crippen LogP contribution in [-0.2, 0) is 9.53 Å². The molecule has 0 amide bonds. The lowest BCUT2D eigenvalue weighted by Gasteiger charge is -2.34. The van der Waals surface area contributed by atoms with E-state index in [9.17, 15) is 4.79 Å². The molecule has 3 fully saturated rings. The number of carbonyl (C=O) groups is 1. The molecule has 3 aliphatic rings. The molecule has 0 radical (unpaired) electrons. The Balaban J connectivity index is 1.30. The number of carbonyl (C=O) groups excluding carboxylic acids is 1. The van der Waals surface area contributed by atoms with Crippen LogP contribution in [0.1, 0.15) is 55.7 Å². The maximum absolute atomic E-state index is 12.0. The lowest BCUT2D eigenvalue weighted by molar-refractivity contribution is -0.152. The fraction of sp³-hybridized carbons (Fsp3) is 0.765. The van der Waals surface area contributed by atoms with Gasteiger partial charge in [0.1, 0.15) is 6.10 Å². The summed E-state index contributed by atoms with van der Waals surface area (Å²) in [7, 11) is 0. The Morgan fingerprint density at radius 2 is 2.18 bits per heavy atom. The molecule has 0 aromatic carbocycles. The van der Waals surface area contributed by atoms with Gasteiger partial charge in [0.25, 0.3) is 0 Å². The summed E-state index contributed by atoms with van der Waals surface area (Å²) < 4.78 is 5.64. The summed E-state index contributed by atoms with van der Waals surface area (Å²) in [4.78, 5) is 14.5. The zero-order chi connectivity index (χ0) is 15.2. The molecule has 22 heavy (non-hydrogen) atoms. The van der Waals surface area contributed by atoms with Gasteiger partial charge in [-0.3, -0.25) is 14.8 Å². The largest absolute Gasteiger partial charge is 0.461 e. The van der Waals surface area contributed by atoms with Crippen molar-refractivity contribution in [3.63, 3.8) is 0 Å². The fourth-order valence-electron chi connectivity index (χ4n) is 4.44. The predicted molar refractivity (Wildman–Crippen MR) is 82.5 cm³/mol. The van der Waals surface area contributed by atoms with Gasteiger partial charge in [-0.1, -0.05) is 6.42 Å². The van der Waals surface area contributed by atoms with E-state index in [1.54, 1.807) is 0 Å². The van der Waals surface area contributed by atoms with Gasteiger partial charge in [-0.05, 0) is 57.2 Å². The molecule has 0 bridgehead atoms. The predicted octanol–water partition coefficient (Wildman–Crippen LogP) is 2.38. The van der Waals surface area contributed by atoms with Gasteiger partial charge >= 0.3 is 5.97 Å². The minimum Gasteiger partial charge on any atom is -0.461 e. The van der Waals surface area contributed by atoms with Crippen LogP contribution >= 0.6 is 0 Å². The SMILES string of the molecule is Cc1[nH]ncc1C1CCN(CC2CC3(CCC3)C(=O)O2)CC1. The van der Waals surface area contributed by atoms with Crippen LogP contribution in [0, 0.1) is 12.3 Å². The molecule has 2 saturated heterocycles. The minimum absolute atomic E-state index is 0.0765. The van der Waals surface area contributed by atoms with E-state index in [0.29, 0.717) is 5.92 Å². The van der Waals surface area contributed by atoms with Gasteiger partial charge in [-0.2, -0.15) is 5.10 Å². The highest BCUT2D eigenvalue weighted by atomic mass is 16.6. The topological polar surface area (TPSA) is 58.2 Å². The number of H-pyrrole nitrogens is 1. The highest BCUT2D eigenvalue weighted by Crippen LogP contribution is 2.50. The summed E-state index contributed by atoms with van der Waals surface area (Å²) >= 11 is 0. The van der Waals surface area contributed by atoms with Crippen LogP contribution in [0.4, 0.5) is 0 Å². The van der Waals surface area contributed by atoms with Crippen molar-refractivity contribution in [1.29, 1.82) is 0 Å². The molecule has 1 aromatic heterocycles. The Hall–Kier alpha value is -1.36. The van der Waals surface area contributed by atoms with E-state index in [2.05, 4.69) is 22.0 Å². The number of hydrogen-bond donors (Lipinski definition) is 1. The third-order valence-corrected chi connectivity index (χ3v) is 5.99. The van der Waals surface area contributed by atoms with Crippen LogP contribution in [0.15, 0.2) is 6.20 Å². The second-order valence-electron chi connectivity index (χ2n) is 7.39. The molecule has 1 atom stereocenters. The van der Waals surface area contributed by atoms with E-state index in [4.69, 9.17) is 4.74 Å². The third kappa shape index (κ3) is 2.35. The smallest absolute Gasteiger partial charge is 0.312 e. The zero-order valence-corrected chi connectivity index (χ0v) is 13.3. The standard InChI is InChI=1S/C17H25N3O2/c1-12-15(10-18-19-12)13-3-7-20(8-4-13)11-14-9-17(5-2-6-17)16(21)22-14/h10,13-14H,2-9,11H2,1H3,(H,18,19). The quantitative estimate of drug-likeness (QED) is 0.871. The lowest BCUT2D eigenvalue weighted by atomic mass is 9.67. The van der Waals surface area contributed by atoms with E-state index in [0.717, 1.165) is 38.9 Å². The van der Waals surface area contributed by atoms with Crippen molar-refractivity contribution in [3.05, 3.63) is 17.5 Å². The molecular formula is C17H25N3O2. The van der Waals surface area contributed by atoms with Crippen LogP contribution in [-0.4, -0.2) is 46.8 Å². The highest BCUT2D eigenvalue weighted by Gasteiger charge is 2.52. The first-order valence-corrected chi connectivity index (χ1v) is 8.60. The second-order valence-corrected chi connectivity index (χ2v) is 7.39. The van der Waals surface area contributed by atoms with Crippen molar-refractivity contribution in [1.82, 2.24) is 15.1 Å². The van der Waals surface area contributed by atoms with Crippen molar-refractivity contribution >= 4 is 5.97 Å². The number of ether oxygens (including phenoxy) is 1. The molecular weight excluding hydrogens is 278 g/mol. The molecule has 1 N–H and O–H groups in total. The average molecular weight is 303 g/mol. The van der Waals surface area contributed by atoms with Crippen molar-refractivity contribution < 1.29 is 9.53 Å². The van der Waals surface area contributed by atoms with Gasteiger partial charge in [0.2, 0.25) is 0 Å². The third-order valence-electron chi connectivity index (χ3n) is 5.99. The molecule has 1 saturated carbocycles. The zero-order valence-electron chi connectivity index (χ0n) is 13.3. The molecule has 5 heteroatoms. The minimum atomic E-state index is -0.0864. The Bertz CT molecular complexity index is 556. The Kier molecular flexibility index (Phi) is 3.48. The van der Waals surface area contributed by atoms with Gasteiger partial charge in [0.15, 0.2) is 0 Å². The number of nitrogens with one attached hydrogen (secondary N) is 1. The van der Waals surface area contributed by atoms with Crippen molar-refractivity contribution in [2.75, 3.05) is 19.6 Å². The number of hydrogen-bond acceptors (Lipinski definition) is 4. The number of aromatic nitrogens is 2. The van der Waals surface area contributed by atoms with Gasteiger partial charge in [0.05, 0.1) is 11.6 Å². The van der Waals surface area contributed by atoms with E-state index < -0.39 is 0 Å². The van der Waals surface area contributed by atoms with Crippen molar-refractivity contribution in [2.24, 2.45) is 5.41 Å². The first-order valence-electron chi connectivity index (χ1n) is 8.60. The summed E-state index contributed by atoms with van der Waals surface area (Å²) in [6.07, 6.45) is 8.69. The van der Waals surface area contributed by atoms with E-state index in [1.165, 1.54) is 30.5 Å². The fourth-order valence-corrected chi connectivity index (χ4v) is 4.44. The number of rotatable bonds is 3. The number of nitrogens with zero attached hydrogens (tertiary/aromatic N) is 2. The molecule has 3 heterocycles. The Labute approximate surface area is 131 Å². The molecule has 120 valence electrons. The number of piperidine rings is 1. The molecule has 5 nitrogen and oxygen atoms in total. The van der Waals surface area contributed by atoms with E-state index in [-0.39, 0.29) is 17.5 Å². The van der Waals surface area contributed by atoms with Crippen LogP contribution in [0.5, 0.6) is 0 Å². The van der Waals surface area contributed by atoms with Crippen molar-refractivity contribution in [3.8, 4) is 0 Å². The molecule has 2 aliphatic heterocycles. The van der Waals surface area contributed by atoms with E-state index >= 15 is 0 Å². The second kappa shape index (κ2) is 5.37. The summed E-state index contributed by atoms with van der Waals surface area (Å²) in [5.41, 5.74) is 2.49. The summed E-state index contributed by atoms with van der Waals surface area (Å²) in [5, 5.41) is 7.18. The number of aryl methyl sites for hydroxylation is 1. The number of esters is 1. The van der Waals surface area contributed by atoms with Crippen LogP contribution in [0.25, 0.3) is 0 Å². The molecule has 1 aliphatic carbocycles. The van der Waals surface area contributed by atoms with Gasteiger partial charge in [-0.15, -0.1) is 0 Å². The lowest BCUT2D eigenvalue weighted by Crippen LogP contribution is -2.39. The normalized spacial score (nSPS) is 28.8. The van der Waals surface area contributed by atoms with Gasteiger partial charge in [0, 0.05) is 18.7 Å². The Morgan fingerprint density at radius 1 is 1.41 bits per heavy atom. The monoisotopic (exact) mass is 303 g/mol. The first kappa shape index (κ1) is 14.2. The maximum atomic E-state index is 12.0. The molecule has 1 unspecified atom stereocenters. The van der Waals surface area contributed by atoms with Crippen LogP contribution < -0.4 is 0 Å². The number of likely N-dealkylation sites (tertiary alicyclic amines) is 1. The van der Waals surface area contributed by atoms with Crippen LogP contribution in [0.2, 0.25) is 0 Å². The highest BCUT2D eigenvalue weighted by molar-refractivity contribution is 5.80. The number of aromatic amines is 1. The Morgan fingerprint density at radius 3 is 2.73 bits per heavy atom. The molecule has 4 rings (SSSR count).